The van der Waals surface area contributed by atoms with Gasteiger partial charge in [-0.2, -0.15) is 0 Å². The van der Waals surface area contributed by atoms with Gasteiger partial charge in [-0.25, -0.2) is 4.98 Å². The molecule has 2 heterocycles. The molecule has 3 nitrogen and oxygen atoms in total. The molecule has 0 aliphatic rings. The van der Waals surface area contributed by atoms with E-state index in [1.54, 1.807) is 11.3 Å². The molecule has 0 aromatic carbocycles. The van der Waals surface area contributed by atoms with E-state index in [4.69, 9.17) is 0 Å². The minimum Gasteiger partial charge on any atom is -0.392 e. The molecule has 2 rings (SSSR count). The van der Waals surface area contributed by atoms with Gasteiger partial charge < -0.3 is 5.11 Å². The largest absolute Gasteiger partial charge is 0.392 e. The number of imidazole rings is 1. The third-order valence-corrected chi connectivity index (χ3v) is 3.81. The van der Waals surface area contributed by atoms with E-state index in [-0.39, 0.29) is 6.61 Å². The number of aromatic nitrogens is 2. The van der Waals surface area contributed by atoms with Crippen molar-refractivity contribution in [2.24, 2.45) is 5.92 Å². The Morgan fingerprint density at radius 3 is 2.82 bits per heavy atom. The molecule has 0 atom stereocenters. The molecule has 92 valence electrons. The van der Waals surface area contributed by atoms with Crippen LogP contribution in [0.1, 0.15) is 30.1 Å². The highest BCUT2D eigenvalue weighted by Crippen LogP contribution is 2.23. The first kappa shape index (κ1) is 12.3. The molecule has 0 saturated carbocycles. The Labute approximate surface area is 105 Å². The van der Waals surface area contributed by atoms with Crippen LogP contribution in [-0.4, -0.2) is 21.1 Å². The van der Waals surface area contributed by atoms with E-state index < -0.39 is 0 Å². The number of nitrogens with zero attached hydrogens (tertiary/aromatic N) is 2. The molecule has 0 aliphatic heterocycles. The summed E-state index contributed by atoms with van der Waals surface area (Å²) in [5.41, 5.74) is 3.14. The van der Waals surface area contributed by atoms with E-state index in [9.17, 15) is 5.11 Å². The summed E-state index contributed by atoms with van der Waals surface area (Å²) in [7, 11) is 0. The molecule has 0 unspecified atom stereocenters. The lowest BCUT2D eigenvalue weighted by atomic mass is 10.0. The lowest BCUT2D eigenvalue weighted by Crippen LogP contribution is -2.00. The van der Waals surface area contributed by atoms with Crippen LogP contribution in [0.15, 0.2) is 11.8 Å². The number of aliphatic hydroxyl groups excluding tert-OH is 1. The lowest BCUT2D eigenvalue weighted by molar-refractivity contribution is 0.320. The summed E-state index contributed by atoms with van der Waals surface area (Å²) in [6, 6.07) is 0. The maximum Gasteiger partial charge on any atom is 0.194 e. The summed E-state index contributed by atoms with van der Waals surface area (Å²) in [6.45, 7) is 8.38. The SMILES string of the molecule is Cc1cn2c(C=C(CO)C(C)C)c(C)nc2s1. The minimum absolute atomic E-state index is 0.105. The molecule has 0 amide bonds. The van der Waals surface area contributed by atoms with Crippen LogP contribution in [-0.2, 0) is 0 Å². The highest BCUT2D eigenvalue weighted by molar-refractivity contribution is 7.17. The van der Waals surface area contributed by atoms with Gasteiger partial charge in [0.1, 0.15) is 0 Å². The number of aliphatic hydroxyl groups is 1. The van der Waals surface area contributed by atoms with Crippen molar-refractivity contribution < 1.29 is 5.11 Å². The van der Waals surface area contributed by atoms with Crippen molar-refractivity contribution in [2.45, 2.75) is 27.7 Å². The van der Waals surface area contributed by atoms with Crippen molar-refractivity contribution >= 4 is 22.4 Å². The van der Waals surface area contributed by atoms with Gasteiger partial charge in [0.05, 0.1) is 18.0 Å². The van der Waals surface area contributed by atoms with Gasteiger partial charge in [0.25, 0.3) is 0 Å². The van der Waals surface area contributed by atoms with Crippen molar-refractivity contribution in [1.82, 2.24) is 9.38 Å². The predicted molar refractivity (Wildman–Crippen MR) is 72.4 cm³/mol. The van der Waals surface area contributed by atoms with Crippen molar-refractivity contribution in [3.63, 3.8) is 0 Å². The molecule has 0 fully saturated rings. The van der Waals surface area contributed by atoms with E-state index in [0.717, 1.165) is 21.9 Å². The molecule has 0 radical (unpaired) electrons. The maximum absolute atomic E-state index is 9.37. The van der Waals surface area contributed by atoms with E-state index in [1.165, 1.54) is 4.88 Å². The summed E-state index contributed by atoms with van der Waals surface area (Å²) in [5, 5.41) is 9.37. The second-order valence-electron chi connectivity index (χ2n) is 4.61. The Kier molecular flexibility index (Phi) is 3.35. The normalized spacial score (nSPS) is 12.9. The number of aryl methyl sites for hydroxylation is 2. The van der Waals surface area contributed by atoms with Crippen molar-refractivity contribution in [3.8, 4) is 0 Å². The Bertz CT molecular complexity index is 563. The van der Waals surface area contributed by atoms with E-state index in [2.05, 4.69) is 42.4 Å². The summed E-state index contributed by atoms with van der Waals surface area (Å²) < 4.78 is 2.10. The molecule has 0 spiro atoms. The Hall–Kier alpha value is -1.13. The van der Waals surface area contributed by atoms with Crippen LogP contribution in [0.3, 0.4) is 0 Å². The monoisotopic (exact) mass is 250 g/mol. The molecule has 0 bridgehead atoms. The van der Waals surface area contributed by atoms with Crippen LogP contribution in [0.2, 0.25) is 0 Å². The average Bonchev–Trinajstić information content (AvgIpc) is 2.71. The Morgan fingerprint density at radius 1 is 1.53 bits per heavy atom. The van der Waals surface area contributed by atoms with Crippen molar-refractivity contribution in [1.29, 1.82) is 0 Å². The Balaban J connectivity index is 2.57. The van der Waals surface area contributed by atoms with Gasteiger partial charge in [0.15, 0.2) is 4.96 Å². The van der Waals surface area contributed by atoms with Gasteiger partial charge in [0.2, 0.25) is 0 Å². The van der Waals surface area contributed by atoms with E-state index in [0.29, 0.717) is 5.92 Å². The average molecular weight is 250 g/mol. The zero-order valence-corrected chi connectivity index (χ0v) is 11.5. The smallest absolute Gasteiger partial charge is 0.194 e. The molecule has 0 aliphatic carbocycles. The lowest BCUT2D eigenvalue weighted by Gasteiger charge is -2.07. The molecule has 2 aromatic rings. The van der Waals surface area contributed by atoms with Crippen molar-refractivity contribution in [3.05, 3.63) is 28.0 Å². The first-order chi connectivity index (χ1) is 8.02. The number of rotatable bonds is 3. The molecule has 17 heavy (non-hydrogen) atoms. The van der Waals surface area contributed by atoms with Gasteiger partial charge in [-0.1, -0.05) is 13.8 Å². The summed E-state index contributed by atoms with van der Waals surface area (Å²) in [5.74, 6) is 0.352. The van der Waals surface area contributed by atoms with Crippen LogP contribution in [0.4, 0.5) is 0 Å². The van der Waals surface area contributed by atoms with Gasteiger partial charge in [0, 0.05) is 11.1 Å². The van der Waals surface area contributed by atoms with Gasteiger partial charge in [-0.05, 0) is 31.4 Å². The fourth-order valence-corrected chi connectivity index (χ4v) is 2.70. The highest BCUT2D eigenvalue weighted by atomic mass is 32.1. The van der Waals surface area contributed by atoms with Gasteiger partial charge >= 0.3 is 0 Å². The summed E-state index contributed by atoms with van der Waals surface area (Å²) in [6.07, 6.45) is 4.16. The second kappa shape index (κ2) is 4.63. The van der Waals surface area contributed by atoms with Crippen LogP contribution >= 0.6 is 11.3 Å². The third-order valence-electron chi connectivity index (χ3n) is 2.91. The van der Waals surface area contributed by atoms with Crippen molar-refractivity contribution in [2.75, 3.05) is 6.61 Å². The number of hydrogen-bond donors (Lipinski definition) is 1. The van der Waals surface area contributed by atoms with Crippen LogP contribution in [0, 0.1) is 19.8 Å². The molecule has 0 saturated heterocycles. The highest BCUT2D eigenvalue weighted by Gasteiger charge is 2.11. The molecular weight excluding hydrogens is 232 g/mol. The van der Waals surface area contributed by atoms with E-state index >= 15 is 0 Å². The van der Waals surface area contributed by atoms with Gasteiger partial charge in [-0.15, -0.1) is 11.3 Å². The summed E-state index contributed by atoms with van der Waals surface area (Å²) >= 11 is 1.69. The predicted octanol–water partition coefficient (Wildman–Crippen LogP) is 3.04. The fraction of sp³-hybridized carbons (Fsp3) is 0.462. The first-order valence-electron chi connectivity index (χ1n) is 5.79. The standard InChI is InChI=1S/C13H18N2OS/c1-8(2)11(7-16)5-12-10(4)14-13-15(12)6-9(3)17-13/h5-6,8,16H,7H2,1-4H3. The second-order valence-corrected chi connectivity index (χ2v) is 5.82. The zero-order valence-electron chi connectivity index (χ0n) is 10.7. The zero-order chi connectivity index (χ0) is 12.6. The topological polar surface area (TPSA) is 37.5 Å². The molecule has 4 heteroatoms. The molecular formula is C13H18N2OS. The van der Waals surface area contributed by atoms with Crippen LogP contribution in [0.5, 0.6) is 0 Å². The number of thiazole rings is 1. The number of fused-ring (bicyclic) bond motifs is 1. The molecule has 1 N–H and O–H groups in total. The molecule has 2 aromatic heterocycles. The fourth-order valence-electron chi connectivity index (χ4n) is 1.83. The number of hydrogen-bond acceptors (Lipinski definition) is 3. The minimum atomic E-state index is 0.105. The Morgan fingerprint density at radius 2 is 2.24 bits per heavy atom. The summed E-state index contributed by atoms with van der Waals surface area (Å²) in [4.78, 5) is 6.80. The first-order valence-corrected chi connectivity index (χ1v) is 6.61. The van der Waals surface area contributed by atoms with Gasteiger partial charge in [-0.3, -0.25) is 4.40 Å². The van der Waals surface area contributed by atoms with Crippen LogP contribution in [0.25, 0.3) is 11.0 Å². The quantitative estimate of drug-likeness (QED) is 0.909. The third kappa shape index (κ3) is 2.28. The van der Waals surface area contributed by atoms with Crippen LogP contribution < -0.4 is 0 Å². The van der Waals surface area contributed by atoms with E-state index in [1.807, 2.05) is 6.92 Å². The maximum atomic E-state index is 9.37.